The molecule has 4 rings (SSSR count). The van der Waals surface area contributed by atoms with Gasteiger partial charge in [0.05, 0.1) is 25.3 Å². The molecule has 7 nitrogen and oxygen atoms in total. The van der Waals surface area contributed by atoms with Gasteiger partial charge in [0.2, 0.25) is 17.6 Å². The van der Waals surface area contributed by atoms with E-state index in [9.17, 15) is 4.79 Å². The molecule has 1 fully saturated rings. The first-order valence-corrected chi connectivity index (χ1v) is 10.7. The molecule has 0 aliphatic carbocycles. The summed E-state index contributed by atoms with van der Waals surface area (Å²) in [7, 11) is 1.63. The highest BCUT2D eigenvalue weighted by molar-refractivity contribution is 9.10. The Kier molecular flexibility index (Phi) is 6.44. The quantitative estimate of drug-likeness (QED) is 0.576. The first kappa shape index (κ1) is 20.6. The minimum Gasteiger partial charge on any atom is -0.497 e. The summed E-state index contributed by atoms with van der Waals surface area (Å²) in [5, 5.41) is 7.11. The van der Waals surface area contributed by atoms with E-state index in [0.29, 0.717) is 24.8 Å². The Morgan fingerprint density at radius 3 is 2.83 bits per heavy atom. The van der Waals surface area contributed by atoms with E-state index in [0.717, 1.165) is 40.9 Å². The molecule has 1 aliphatic rings. The Hall–Kier alpha value is -2.71. The van der Waals surface area contributed by atoms with Gasteiger partial charge in [0.1, 0.15) is 5.75 Å². The van der Waals surface area contributed by atoms with Gasteiger partial charge in [-0.25, -0.2) is 0 Å². The number of likely N-dealkylation sites (tertiary alicyclic amines) is 1. The number of carbonyl (C=O) groups excluding carboxylic acids is 1. The molecule has 0 spiro atoms. The van der Waals surface area contributed by atoms with E-state index < -0.39 is 0 Å². The molecular formula is C22H23BrN4O3. The molecule has 2 heterocycles. The van der Waals surface area contributed by atoms with Gasteiger partial charge < -0.3 is 14.6 Å². The number of nitrogens with zero attached hydrogens (tertiary/aromatic N) is 3. The number of amides is 1. The highest BCUT2D eigenvalue weighted by atomic mass is 79.9. The SMILES string of the molecule is COc1ccc(-c2noc(CN3CCCC(C(=O)Nc4ccccc4Br)C3)n2)cc1. The molecule has 156 valence electrons. The molecule has 30 heavy (non-hydrogen) atoms. The summed E-state index contributed by atoms with van der Waals surface area (Å²) in [6.45, 7) is 2.09. The minimum atomic E-state index is -0.0742. The van der Waals surface area contributed by atoms with Crippen molar-refractivity contribution in [3.63, 3.8) is 0 Å². The van der Waals surface area contributed by atoms with Gasteiger partial charge in [-0.15, -0.1) is 0 Å². The van der Waals surface area contributed by atoms with Crippen molar-refractivity contribution in [2.75, 3.05) is 25.5 Å². The molecule has 2 aromatic carbocycles. The molecule has 1 atom stereocenters. The molecule has 0 radical (unpaired) electrons. The summed E-state index contributed by atoms with van der Waals surface area (Å²) in [5.41, 5.74) is 1.66. The number of hydrogen-bond acceptors (Lipinski definition) is 6. The van der Waals surface area contributed by atoms with Crippen molar-refractivity contribution >= 4 is 27.5 Å². The number of halogens is 1. The highest BCUT2D eigenvalue weighted by Crippen LogP contribution is 2.25. The number of ether oxygens (including phenoxy) is 1. The molecule has 1 N–H and O–H groups in total. The number of nitrogens with one attached hydrogen (secondary N) is 1. The zero-order valence-corrected chi connectivity index (χ0v) is 18.3. The maximum atomic E-state index is 12.7. The van der Waals surface area contributed by atoms with Crippen LogP contribution in [0.5, 0.6) is 5.75 Å². The maximum absolute atomic E-state index is 12.7. The number of piperidine rings is 1. The largest absolute Gasteiger partial charge is 0.497 e. The van der Waals surface area contributed by atoms with Gasteiger partial charge >= 0.3 is 0 Å². The number of aromatic nitrogens is 2. The van der Waals surface area contributed by atoms with E-state index in [2.05, 4.69) is 36.3 Å². The van der Waals surface area contributed by atoms with Crippen molar-refractivity contribution in [3.05, 3.63) is 58.9 Å². The van der Waals surface area contributed by atoms with Gasteiger partial charge in [-0.05, 0) is 71.7 Å². The Morgan fingerprint density at radius 1 is 1.27 bits per heavy atom. The average molecular weight is 471 g/mol. The Bertz CT molecular complexity index is 1010. The number of carbonyl (C=O) groups is 1. The van der Waals surface area contributed by atoms with Crippen molar-refractivity contribution in [1.82, 2.24) is 15.0 Å². The van der Waals surface area contributed by atoms with Crippen LogP contribution in [-0.4, -0.2) is 41.1 Å². The van der Waals surface area contributed by atoms with Crippen LogP contribution in [0.2, 0.25) is 0 Å². The van der Waals surface area contributed by atoms with Crippen LogP contribution in [0.4, 0.5) is 5.69 Å². The van der Waals surface area contributed by atoms with E-state index in [-0.39, 0.29) is 11.8 Å². The highest BCUT2D eigenvalue weighted by Gasteiger charge is 2.27. The standard InChI is InChI=1S/C22H23BrN4O3/c1-29-17-10-8-15(9-11-17)21-25-20(30-26-21)14-27-12-4-5-16(13-27)22(28)24-19-7-3-2-6-18(19)23/h2-3,6-11,16H,4-5,12-14H2,1H3,(H,24,28). The van der Waals surface area contributed by atoms with E-state index in [1.165, 1.54) is 0 Å². The lowest BCUT2D eigenvalue weighted by Gasteiger charge is -2.30. The van der Waals surface area contributed by atoms with Gasteiger partial charge in [0.25, 0.3) is 0 Å². The van der Waals surface area contributed by atoms with E-state index in [4.69, 9.17) is 9.26 Å². The topological polar surface area (TPSA) is 80.5 Å². The van der Waals surface area contributed by atoms with Gasteiger partial charge in [-0.2, -0.15) is 4.98 Å². The number of anilines is 1. The molecule has 1 amide bonds. The van der Waals surface area contributed by atoms with E-state index in [1.54, 1.807) is 7.11 Å². The van der Waals surface area contributed by atoms with Gasteiger partial charge in [-0.1, -0.05) is 17.3 Å². The monoisotopic (exact) mass is 470 g/mol. The number of para-hydroxylation sites is 1. The molecule has 3 aromatic rings. The van der Waals surface area contributed by atoms with Gasteiger partial charge in [0, 0.05) is 16.6 Å². The van der Waals surface area contributed by atoms with Crippen molar-refractivity contribution < 1.29 is 14.1 Å². The van der Waals surface area contributed by atoms with Crippen LogP contribution in [0.15, 0.2) is 57.5 Å². The van der Waals surface area contributed by atoms with Crippen molar-refractivity contribution in [2.24, 2.45) is 5.92 Å². The van der Waals surface area contributed by atoms with Crippen LogP contribution < -0.4 is 10.1 Å². The number of methoxy groups -OCH3 is 1. The summed E-state index contributed by atoms with van der Waals surface area (Å²) >= 11 is 3.47. The zero-order valence-electron chi connectivity index (χ0n) is 16.7. The summed E-state index contributed by atoms with van der Waals surface area (Å²) in [5.74, 6) is 1.84. The minimum absolute atomic E-state index is 0.0380. The Morgan fingerprint density at radius 2 is 2.07 bits per heavy atom. The second-order valence-electron chi connectivity index (χ2n) is 7.28. The maximum Gasteiger partial charge on any atom is 0.241 e. The Balaban J connectivity index is 1.36. The van der Waals surface area contributed by atoms with Crippen molar-refractivity contribution in [1.29, 1.82) is 0 Å². The lowest BCUT2D eigenvalue weighted by molar-refractivity contribution is -0.121. The zero-order chi connectivity index (χ0) is 20.9. The fourth-order valence-electron chi connectivity index (χ4n) is 3.58. The van der Waals surface area contributed by atoms with Crippen LogP contribution in [0.1, 0.15) is 18.7 Å². The molecule has 1 unspecified atom stereocenters. The first-order chi connectivity index (χ1) is 14.6. The smallest absolute Gasteiger partial charge is 0.241 e. The molecule has 0 saturated carbocycles. The third kappa shape index (κ3) is 4.88. The van der Waals surface area contributed by atoms with Crippen molar-refractivity contribution in [2.45, 2.75) is 19.4 Å². The summed E-state index contributed by atoms with van der Waals surface area (Å²) < 4.78 is 11.5. The molecule has 1 aliphatic heterocycles. The lowest BCUT2D eigenvalue weighted by atomic mass is 9.97. The van der Waals surface area contributed by atoms with Gasteiger partial charge in [0.15, 0.2) is 0 Å². The van der Waals surface area contributed by atoms with Crippen molar-refractivity contribution in [3.8, 4) is 17.1 Å². The van der Waals surface area contributed by atoms with Crippen LogP contribution in [0.3, 0.4) is 0 Å². The number of benzene rings is 2. The predicted molar refractivity (Wildman–Crippen MR) is 117 cm³/mol. The van der Waals surface area contributed by atoms with Crippen LogP contribution in [0, 0.1) is 5.92 Å². The summed E-state index contributed by atoms with van der Waals surface area (Å²) in [6, 6.07) is 15.2. The fraction of sp³-hybridized carbons (Fsp3) is 0.318. The van der Waals surface area contributed by atoms with Gasteiger partial charge in [-0.3, -0.25) is 9.69 Å². The summed E-state index contributed by atoms with van der Waals surface area (Å²) in [6.07, 6.45) is 1.82. The molecule has 1 saturated heterocycles. The van der Waals surface area contributed by atoms with Crippen LogP contribution >= 0.6 is 15.9 Å². The Labute approximate surface area is 183 Å². The third-order valence-corrected chi connectivity index (χ3v) is 5.87. The first-order valence-electron chi connectivity index (χ1n) is 9.87. The van der Waals surface area contributed by atoms with E-state index in [1.807, 2.05) is 48.5 Å². The second-order valence-corrected chi connectivity index (χ2v) is 8.14. The average Bonchev–Trinajstić information content (AvgIpc) is 3.24. The third-order valence-electron chi connectivity index (χ3n) is 5.18. The van der Waals surface area contributed by atoms with Crippen LogP contribution in [-0.2, 0) is 11.3 Å². The second kappa shape index (κ2) is 9.40. The van der Waals surface area contributed by atoms with Crippen LogP contribution in [0.25, 0.3) is 11.4 Å². The summed E-state index contributed by atoms with van der Waals surface area (Å²) in [4.78, 5) is 19.4. The molecule has 8 heteroatoms. The molecule has 1 aromatic heterocycles. The van der Waals surface area contributed by atoms with E-state index >= 15 is 0 Å². The lowest BCUT2D eigenvalue weighted by Crippen LogP contribution is -2.40. The fourth-order valence-corrected chi connectivity index (χ4v) is 3.96. The number of hydrogen-bond donors (Lipinski definition) is 1. The normalized spacial score (nSPS) is 16.9. The molecule has 0 bridgehead atoms. The molecular weight excluding hydrogens is 448 g/mol. The number of rotatable bonds is 6. The predicted octanol–water partition coefficient (Wildman–Crippen LogP) is 4.36.